The maximum absolute atomic E-state index is 12.0. The Morgan fingerprint density at radius 3 is 2.37 bits per heavy atom. The van der Waals surface area contributed by atoms with Gasteiger partial charge in [0.25, 0.3) is 0 Å². The van der Waals surface area contributed by atoms with E-state index in [-0.39, 0.29) is 23.0 Å². The lowest BCUT2D eigenvalue weighted by molar-refractivity contribution is -0.985. The van der Waals surface area contributed by atoms with Gasteiger partial charge in [0.2, 0.25) is 0 Å². The molecule has 3 nitrogen and oxygen atoms in total. The summed E-state index contributed by atoms with van der Waals surface area (Å²) in [7, 11) is 0. The van der Waals surface area contributed by atoms with Crippen molar-refractivity contribution in [1.29, 1.82) is 0 Å². The van der Waals surface area contributed by atoms with Crippen molar-refractivity contribution in [3.63, 3.8) is 0 Å². The van der Waals surface area contributed by atoms with Crippen LogP contribution in [0.2, 0.25) is 0 Å². The highest BCUT2D eigenvalue weighted by atomic mass is 79.9. The van der Waals surface area contributed by atoms with Crippen molar-refractivity contribution < 1.29 is 26.6 Å². The average molecular weight is 536 g/mol. The number of piperidine rings is 3. The highest BCUT2D eigenvalue weighted by Crippen LogP contribution is 2.48. The van der Waals surface area contributed by atoms with E-state index in [1.54, 1.807) is 0 Å². The predicted molar refractivity (Wildman–Crippen MR) is 141 cm³/mol. The van der Waals surface area contributed by atoms with Crippen LogP contribution in [0.15, 0.2) is 49.2 Å². The molecule has 2 bridgehead atoms. The summed E-state index contributed by atoms with van der Waals surface area (Å²) in [4.78, 5) is 4.55. The summed E-state index contributed by atoms with van der Waals surface area (Å²) >= 11 is 0. The van der Waals surface area contributed by atoms with E-state index in [9.17, 15) is 5.11 Å². The van der Waals surface area contributed by atoms with Crippen LogP contribution < -0.4 is 17.0 Å². The van der Waals surface area contributed by atoms with E-state index in [4.69, 9.17) is 0 Å². The monoisotopic (exact) mass is 534 g/mol. The van der Waals surface area contributed by atoms with Crippen LogP contribution in [0, 0.1) is 46.5 Å². The lowest BCUT2D eigenvalue weighted by atomic mass is 9.70. The summed E-state index contributed by atoms with van der Waals surface area (Å²) in [6.07, 6.45) is 5.81. The van der Waals surface area contributed by atoms with Crippen LogP contribution in [-0.2, 0) is 6.54 Å². The van der Waals surface area contributed by atoms with Crippen LogP contribution in [0.3, 0.4) is 0 Å². The van der Waals surface area contributed by atoms with Gasteiger partial charge in [-0.1, -0.05) is 24.3 Å². The number of aliphatic hydroxyl groups excluding tert-OH is 1. The first-order valence-electron chi connectivity index (χ1n) is 12.8. The molecule has 3 aliphatic heterocycles. The minimum Gasteiger partial charge on any atom is -1.00 e. The lowest BCUT2D eigenvalue weighted by Gasteiger charge is -2.58. The molecule has 0 saturated carbocycles. The van der Waals surface area contributed by atoms with Crippen molar-refractivity contribution >= 4 is 10.9 Å². The van der Waals surface area contributed by atoms with Crippen LogP contribution >= 0.6 is 0 Å². The first-order chi connectivity index (χ1) is 16.3. The van der Waals surface area contributed by atoms with Gasteiger partial charge in [-0.2, -0.15) is 0 Å². The quantitative estimate of drug-likeness (QED) is 0.401. The number of pyridine rings is 1. The van der Waals surface area contributed by atoms with Crippen LogP contribution in [0.4, 0.5) is 0 Å². The Morgan fingerprint density at radius 2 is 1.69 bits per heavy atom. The summed E-state index contributed by atoms with van der Waals surface area (Å²) in [5, 5.41) is 13.1. The van der Waals surface area contributed by atoms with Crippen LogP contribution in [0.5, 0.6) is 0 Å². The van der Waals surface area contributed by atoms with Crippen molar-refractivity contribution in [3.05, 3.63) is 88.1 Å². The van der Waals surface area contributed by atoms with E-state index in [0.717, 1.165) is 47.0 Å². The molecule has 1 unspecified atom stereocenters. The van der Waals surface area contributed by atoms with Gasteiger partial charge >= 0.3 is 0 Å². The highest BCUT2D eigenvalue weighted by molar-refractivity contribution is 5.82. The molecule has 3 saturated heterocycles. The molecule has 186 valence electrons. The SMILES string of the molecule is C=C[C@H]1C[N+]2(Cc3c(C)c(C)c(C)c(C)c3C)CC[C@H]1C[C@@H]2[C@@H](O)c1ccnc2ccccc12.[Br-]. The molecule has 0 radical (unpaired) electrons. The molecule has 1 aromatic heterocycles. The molecule has 2 aromatic carbocycles. The molecule has 3 fully saturated rings. The molecule has 3 aromatic rings. The summed E-state index contributed by atoms with van der Waals surface area (Å²) in [6, 6.07) is 10.4. The minimum atomic E-state index is -0.505. The summed E-state index contributed by atoms with van der Waals surface area (Å²) in [5.74, 6) is 1.15. The van der Waals surface area contributed by atoms with Gasteiger partial charge in [0.1, 0.15) is 18.7 Å². The van der Waals surface area contributed by atoms with Gasteiger partial charge in [0, 0.05) is 35.9 Å². The molecule has 0 spiro atoms. The van der Waals surface area contributed by atoms with Gasteiger partial charge in [-0.15, -0.1) is 6.58 Å². The second-order valence-electron chi connectivity index (χ2n) is 11.0. The zero-order valence-electron chi connectivity index (χ0n) is 21.8. The van der Waals surface area contributed by atoms with Crippen molar-refractivity contribution in [2.75, 3.05) is 13.1 Å². The van der Waals surface area contributed by atoms with Crippen molar-refractivity contribution in [3.8, 4) is 0 Å². The number of hydrogen-bond donors (Lipinski definition) is 1. The summed E-state index contributed by atoms with van der Waals surface area (Å²) in [5.41, 5.74) is 10.6. The molecule has 1 N–H and O–H groups in total. The van der Waals surface area contributed by atoms with E-state index < -0.39 is 6.10 Å². The molecule has 4 heteroatoms. The molecule has 0 amide bonds. The number of aromatic nitrogens is 1. The maximum atomic E-state index is 12.0. The Morgan fingerprint density at radius 1 is 1.03 bits per heavy atom. The number of nitrogens with zero attached hydrogens (tertiary/aromatic N) is 2. The third-order valence-corrected chi connectivity index (χ3v) is 9.67. The van der Waals surface area contributed by atoms with Gasteiger partial charge < -0.3 is 26.6 Å². The molecule has 0 aliphatic carbocycles. The first-order valence-corrected chi connectivity index (χ1v) is 12.8. The number of halogens is 1. The zero-order valence-corrected chi connectivity index (χ0v) is 23.4. The lowest BCUT2D eigenvalue weighted by Crippen LogP contribution is -3.00. The highest BCUT2D eigenvalue weighted by Gasteiger charge is 2.54. The molecular formula is C31H39BrN2O. The Hall–Kier alpha value is -2.01. The molecule has 4 heterocycles. The number of fused-ring (bicyclic) bond motifs is 4. The topological polar surface area (TPSA) is 33.1 Å². The standard InChI is InChI=1S/C31H39N2O.BrH/c1-7-24-17-33(18-28-22(5)20(3)19(2)21(4)23(28)6)15-13-25(24)16-30(33)31(34)27-12-14-32-29-11-9-8-10-26(27)29;/h7-12,14,24-25,30-31,34H,1,13,15-18H2,2-6H3;1H/q+1;/p-1/t24-,25-,30+,31-,33?;/m0./s1. The van der Waals surface area contributed by atoms with E-state index >= 15 is 0 Å². The van der Waals surface area contributed by atoms with Gasteiger partial charge in [0.05, 0.1) is 18.6 Å². The third kappa shape index (κ3) is 4.18. The Labute approximate surface area is 221 Å². The van der Waals surface area contributed by atoms with Crippen LogP contribution in [-0.4, -0.2) is 33.7 Å². The Balaban J connectivity index is 0.00000289. The number of quaternary nitrogens is 1. The van der Waals surface area contributed by atoms with Gasteiger partial charge in [-0.25, -0.2) is 0 Å². The number of benzene rings is 2. The zero-order chi connectivity index (χ0) is 24.2. The van der Waals surface area contributed by atoms with E-state index in [0.29, 0.717) is 11.8 Å². The smallest absolute Gasteiger partial charge is 0.131 e. The minimum absolute atomic E-state index is 0. The van der Waals surface area contributed by atoms with Gasteiger partial charge in [-0.05, 0) is 86.1 Å². The molecule has 35 heavy (non-hydrogen) atoms. The van der Waals surface area contributed by atoms with Crippen LogP contribution in [0.1, 0.15) is 57.9 Å². The fraction of sp³-hybridized carbons (Fsp3) is 0.452. The third-order valence-electron chi connectivity index (χ3n) is 9.67. The molecular weight excluding hydrogens is 496 g/mol. The summed E-state index contributed by atoms with van der Waals surface area (Å²) < 4.78 is 0.953. The number of hydrogen-bond acceptors (Lipinski definition) is 2. The van der Waals surface area contributed by atoms with Gasteiger partial charge in [-0.3, -0.25) is 4.98 Å². The second kappa shape index (κ2) is 9.80. The average Bonchev–Trinajstić information content (AvgIpc) is 2.88. The Bertz CT molecular complexity index is 1230. The molecule has 5 atom stereocenters. The maximum Gasteiger partial charge on any atom is 0.131 e. The van der Waals surface area contributed by atoms with Crippen LogP contribution in [0.25, 0.3) is 10.9 Å². The fourth-order valence-corrected chi connectivity index (χ4v) is 7.09. The molecule has 6 rings (SSSR count). The normalized spacial score (nSPS) is 26.4. The van der Waals surface area contributed by atoms with Crippen molar-refractivity contribution in [2.45, 2.75) is 66.2 Å². The number of aliphatic hydroxyl groups is 1. The molecule has 3 aliphatic rings. The van der Waals surface area contributed by atoms with Gasteiger partial charge in [0.15, 0.2) is 0 Å². The first kappa shape index (κ1) is 26.1. The van der Waals surface area contributed by atoms with Crippen molar-refractivity contribution in [2.24, 2.45) is 11.8 Å². The largest absolute Gasteiger partial charge is 1.00 e. The Kier molecular flexibility index (Phi) is 7.30. The van der Waals surface area contributed by atoms with Crippen molar-refractivity contribution in [1.82, 2.24) is 4.98 Å². The predicted octanol–water partition coefficient (Wildman–Crippen LogP) is 3.43. The summed E-state index contributed by atoms with van der Waals surface area (Å²) in [6.45, 7) is 18.8. The van der Waals surface area contributed by atoms with E-state index in [1.165, 1.54) is 39.8 Å². The van der Waals surface area contributed by atoms with E-state index in [1.807, 2.05) is 24.4 Å². The second-order valence-corrected chi connectivity index (χ2v) is 11.0. The fourth-order valence-electron chi connectivity index (χ4n) is 7.09. The van der Waals surface area contributed by atoms with E-state index in [2.05, 4.69) is 64.4 Å². The number of para-hydroxylation sites is 1. The number of rotatable bonds is 5.